The number of hydrogen-bond donors (Lipinski definition) is 1. The summed E-state index contributed by atoms with van der Waals surface area (Å²) >= 11 is 0. The van der Waals surface area contributed by atoms with Crippen LogP contribution < -0.4 is 10.1 Å². The summed E-state index contributed by atoms with van der Waals surface area (Å²) in [6, 6.07) is 14.6. The molecule has 1 aromatic heterocycles. The molecule has 1 fully saturated rings. The summed E-state index contributed by atoms with van der Waals surface area (Å²) in [6.45, 7) is 1.24. The Bertz CT molecular complexity index is 964. The first-order valence-corrected chi connectivity index (χ1v) is 9.22. The molecule has 1 atom stereocenters. The summed E-state index contributed by atoms with van der Waals surface area (Å²) < 4.78 is 16.4. The standard InChI is InChI=1S/C21H21N3O4/c1-26-18-11-5-4-10-17(18)19-23-21(28-24-19)16-9-3-2-8-15(16)20(25)22-13-14-7-6-12-27-14/h2-5,8-11,14H,6-7,12-13H2,1H3,(H,22,25)/t14-/m0/s1. The summed E-state index contributed by atoms with van der Waals surface area (Å²) in [5, 5.41) is 7.00. The van der Waals surface area contributed by atoms with Gasteiger partial charge in [-0.25, -0.2) is 0 Å². The second-order valence-electron chi connectivity index (χ2n) is 6.51. The molecule has 1 saturated heterocycles. The number of amides is 1. The van der Waals surface area contributed by atoms with E-state index in [0.29, 0.717) is 29.2 Å². The SMILES string of the molecule is COc1ccccc1-c1noc(-c2ccccc2C(=O)NC[C@@H]2CCCO2)n1. The molecule has 28 heavy (non-hydrogen) atoms. The largest absolute Gasteiger partial charge is 0.496 e. The first kappa shape index (κ1) is 18.2. The Labute approximate surface area is 162 Å². The molecule has 144 valence electrons. The van der Waals surface area contributed by atoms with Gasteiger partial charge < -0.3 is 19.3 Å². The van der Waals surface area contributed by atoms with Crippen LogP contribution in [-0.2, 0) is 4.74 Å². The highest BCUT2D eigenvalue weighted by molar-refractivity contribution is 6.00. The average Bonchev–Trinajstić information content (AvgIpc) is 3.44. The fourth-order valence-electron chi connectivity index (χ4n) is 3.25. The zero-order valence-electron chi connectivity index (χ0n) is 15.6. The summed E-state index contributed by atoms with van der Waals surface area (Å²) in [5.74, 6) is 1.14. The molecule has 0 spiro atoms. The smallest absolute Gasteiger partial charge is 0.259 e. The van der Waals surface area contributed by atoms with Gasteiger partial charge in [0.15, 0.2) is 0 Å². The molecule has 1 aliphatic heterocycles. The van der Waals surface area contributed by atoms with E-state index in [1.54, 1.807) is 19.2 Å². The third-order valence-electron chi connectivity index (χ3n) is 4.69. The van der Waals surface area contributed by atoms with E-state index in [9.17, 15) is 4.79 Å². The molecule has 0 saturated carbocycles. The van der Waals surface area contributed by atoms with Gasteiger partial charge in [-0.1, -0.05) is 29.4 Å². The molecule has 1 N–H and O–H groups in total. The number of carbonyl (C=O) groups excluding carboxylic acids is 1. The number of nitrogens with one attached hydrogen (secondary N) is 1. The summed E-state index contributed by atoms with van der Waals surface area (Å²) in [7, 11) is 1.59. The quantitative estimate of drug-likeness (QED) is 0.707. The number of carbonyl (C=O) groups is 1. The van der Waals surface area contributed by atoms with Gasteiger partial charge in [-0.05, 0) is 37.1 Å². The molecule has 0 bridgehead atoms. The number of nitrogens with zero attached hydrogens (tertiary/aromatic N) is 2. The lowest BCUT2D eigenvalue weighted by atomic mass is 10.1. The molecule has 0 radical (unpaired) electrons. The normalized spacial score (nSPS) is 16.1. The number of para-hydroxylation sites is 1. The van der Waals surface area contributed by atoms with Crippen molar-refractivity contribution < 1.29 is 18.8 Å². The van der Waals surface area contributed by atoms with Crippen molar-refractivity contribution in [2.45, 2.75) is 18.9 Å². The van der Waals surface area contributed by atoms with Crippen molar-refractivity contribution in [1.29, 1.82) is 0 Å². The highest BCUT2D eigenvalue weighted by Gasteiger charge is 2.21. The lowest BCUT2D eigenvalue weighted by molar-refractivity contribution is 0.0858. The van der Waals surface area contributed by atoms with Crippen LogP contribution in [0, 0.1) is 0 Å². The fraction of sp³-hybridized carbons (Fsp3) is 0.286. The van der Waals surface area contributed by atoms with Gasteiger partial charge in [-0.3, -0.25) is 4.79 Å². The first-order valence-electron chi connectivity index (χ1n) is 9.22. The maximum Gasteiger partial charge on any atom is 0.259 e. The van der Waals surface area contributed by atoms with Crippen molar-refractivity contribution in [2.24, 2.45) is 0 Å². The van der Waals surface area contributed by atoms with E-state index in [1.807, 2.05) is 36.4 Å². The molecular formula is C21H21N3O4. The van der Waals surface area contributed by atoms with Crippen molar-refractivity contribution in [3.05, 3.63) is 54.1 Å². The van der Waals surface area contributed by atoms with Gasteiger partial charge in [0, 0.05) is 13.2 Å². The van der Waals surface area contributed by atoms with E-state index in [-0.39, 0.29) is 17.9 Å². The Morgan fingerprint density at radius 2 is 1.96 bits per heavy atom. The first-order chi connectivity index (χ1) is 13.8. The second kappa shape index (κ2) is 8.22. The van der Waals surface area contributed by atoms with Crippen LogP contribution in [0.3, 0.4) is 0 Å². The third kappa shape index (κ3) is 3.75. The van der Waals surface area contributed by atoms with E-state index < -0.39 is 0 Å². The predicted octanol–water partition coefficient (Wildman–Crippen LogP) is 3.32. The van der Waals surface area contributed by atoms with Gasteiger partial charge in [0.05, 0.1) is 29.9 Å². The summed E-state index contributed by atoms with van der Waals surface area (Å²) in [4.78, 5) is 17.2. The van der Waals surface area contributed by atoms with E-state index in [2.05, 4.69) is 15.5 Å². The van der Waals surface area contributed by atoms with Crippen molar-refractivity contribution >= 4 is 5.91 Å². The molecule has 2 aromatic carbocycles. The third-order valence-corrected chi connectivity index (χ3v) is 4.69. The maximum absolute atomic E-state index is 12.7. The van der Waals surface area contributed by atoms with Crippen molar-refractivity contribution in [3.63, 3.8) is 0 Å². The summed E-state index contributed by atoms with van der Waals surface area (Å²) in [5.41, 5.74) is 1.79. The zero-order chi connectivity index (χ0) is 19.3. The van der Waals surface area contributed by atoms with Gasteiger partial charge in [0.25, 0.3) is 11.8 Å². The molecule has 3 aromatic rings. The second-order valence-corrected chi connectivity index (χ2v) is 6.51. The van der Waals surface area contributed by atoms with Gasteiger partial charge in [-0.2, -0.15) is 4.98 Å². The maximum atomic E-state index is 12.7. The van der Waals surface area contributed by atoms with E-state index in [4.69, 9.17) is 14.0 Å². The van der Waals surface area contributed by atoms with Crippen LogP contribution in [0.2, 0.25) is 0 Å². The predicted molar refractivity (Wildman–Crippen MR) is 103 cm³/mol. The molecule has 1 aliphatic rings. The Morgan fingerprint density at radius 1 is 1.18 bits per heavy atom. The lowest BCUT2D eigenvalue weighted by Gasteiger charge is -2.12. The van der Waals surface area contributed by atoms with Crippen molar-refractivity contribution in [1.82, 2.24) is 15.5 Å². The monoisotopic (exact) mass is 379 g/mol. The highest BCUT2D eigenvalue weighted by atomic mass is 16.5. The van der Waals surface area contributed by atoms with Crippen LogP contribution in [0.4, 0.5) is 0 Å². The van der Waals surface area contributed by atoms with Gasteiger partial charge >= 0.3 is 0 Å². The topological polar surface area (TPSA) is 86.5 Å². The Morgan fingerprint density at radius 3 is 2.75 bits per heavy atom. The van der Waals surface area contributed by atoms with Crippen LogP contribution >= 0.6 is 0 Å². The van der Waals surface area contributed by atoms with Gasteiger partial charge in [-0.15, -0.1) is 0 Å². The molecule has 0 aliphatic carbocycles. The van der Waals surface area contributed by atoms with Crippen molar-refractivity contribution in [3.8, 4) is 28.6 Å². The molecule has 2 heterocycles. The number of benzene rings is 2. The average molecular weight is 379 g/mol. The molecule has 0 unspecified atom stereocenters. The van der Waals surface area contributed by atoms with Crippen LogP contribution in [0.1, 0.15) is 23.2 Å². The number of hydrogen-bond acceptors (Lipinski definition) is 6. The Kier molecular flexibility index (Phi) is 5.34. The van der Waals surface area contributed by atoms with Crippen LogP contribution in [-0.4, -0.2) is 42.4 Å². The van der Waals surface area contributed by atoms with E-state index in [1.165, 1.54) is 0 Å². The molecule has 7 heteroatoms. The lowest BCUT2D eigenvalue weighted by Crippen LogP contribution is -2.32. The molecule has 4 rings (SSSR count). The number of rotatable bonds is 6. The molecule has 7 nitrogen and oxygen atoms in total. The number of aromatic nitrogens is 2. The minimum atomic E-state index is -0.192. The van der Waals surface area contributed by atoms with E-state index in [0.717, 1.165) is 25.0 Å². The highest BCUT2D eigenvalue weighted by Crippen LogP contribution is 2.30. The summed E-state index contributed by atoms with van der Waals surface area (Å²) in [6.07, 6.45) is 2.08. The number of methoxy groups -OCH3 is 1. The molecule has 1 amide bonds. The number of ether oxygens (including phenoxy) is 2. The Hall–Kier alpha value is -3.19. The zero-order valence-corrected chi connectivity index (χ0v) is 15.6. The minimum Gasteiger partial charge on any atom is -0.496 e. The van der Waals surface area contributed by atoms with Crippen LogP contribution in [0.25, 0.3) is 22.8 Å². The van der Waals surface area contributed by atoms with Gasteiger partial charge in [0.1, 0.15) is 5.75 Å². The van der Waals surface area contributed by atoms with Gasteiger partial charge in [0.2, 0.25) is 5.82 Å². The molecular weight excluding hydrogens is 358 g/mol. The van der Waals surface area contributed by atoms with Crippen molar-refractivity contribution in [2.75, 3.05) is 20.3 Å². The van der Waals surface area contributed by atoms with Crippen LogP contribution in [0.5, 0.6) is 5.75 Å². The van der Waals surface area contributed by atoms with E-state index >= 15 is 0 Å². The fourth-order valence-corrected chi connectivity index (χ4v) is 3.25. The Balaban J connectivity index is 1.58. The van der Waals surface area contributed by atoms with Crippen LogP contribution in [0.15, 0.2) is 53.1 Å². The minimum absolute atomic E-state index is 0.0802.